The molecule has 0 fully saturated rings. The lowest BCUT2D eigenvalue weighted by Gasteiger charge is -1.95. The van der Waals surface area contributed by atoms with Crippen LogP contribution in [0.5, 0.6) is 0 Å². The number of hydrogen-bond donors (Lipinski definition) is 1. The van der Waals surface area contributed by atoms with Crippen molar-refractivity contribution < 1.29 is 4.79 Å². The molecular weight excluding hydrogens is 122 g/mol. The van der Waals surface area contributed by atoms with Gasteiger partial charge in [0.1, 0.15) is 0 Å². The van der Waals surface area contributed by atoms with Gasteiger partial charge in [-0.2, -0.15) is 0 Å². The molecule has 0 saturated carbocycles. The van der Waals surface area contributed by atoms with Crippen LogP contribution in [-0.2, 0) is 4.79 Å². The van der Waals surface area contributed by atoms with Gasteiger partial charge in [0, 0.05) is 11.8 Å². The van der Waals surface area contributed by atoms with Crippen molar-refractivity contribution in [3.05, 3.63) is 12.2 Å². The molecule has 8 heavy (non-hydrogen) atoms. The molecule has 0 aromatic heterocycles. The van der Waals surface area contributed by atoms with Crippen LogP contribution in [-0.4, -0.2) is 12.2 Å². The average molecular weight is 131 g/mol. The number of carbonyl (C=O) groups is 1. The molecule has 0 aromatic rings. The number of hydrogen-bond acceptors (Lipinski definition) is 2. The van der Waals surface area contributed by atoms with Gasteiger partial charge >= 0.3 is 0 Å². The molecule has 46 valence electrons. The van der Waals surface area contributed by atoms with Gasteiger partial charge in [-0.25, -0.2) is 0 Å². The normalized spacial score (nSPS) is 8.25. The Morgan fingerprint density at radius 1 is 1.75 bits per heavy atom. The second-order valence-corrected chi connectivity index (χ2v) is 2.03. The van der Waals surface area contributed by atoms with Crippen molar-refractivity contribution in [3.8, 4) is 0 Å². The maximum atomic E-state index is 10.5. The first-order chi connectivity index (χ1) is 3.68. The second kappa shape index (κ2) is 3.55. The summed E-state index contributed by atoms with van der Waals surface area (Å²) in [7, 11) is 0. The largest absolute Gasteiger partial charge is 0.297 e. The van der Waals surface area contributed by atoms with E-state index in [4.69, 9.17) is 0 Å². The molecule has 2 nitrogen and oxygen atoms in total. The van der Waals surface area contributed by atoms with Gasteiger partial charge in [0.25, 0.3) is 5.91 Å². The van der Waals surface area contributed by atoms with Gasteiger partial charge in [0.05, 0.1) is 0 Å². The predicted octanol–water partition coefficient (Wildman–Crippen LogP) is 0.957. The van der Waals surface area contributed by atoms with E-state index in [2.05, 4.69) is 11.3 Å². The van der Waals surface area contributed by atoms with Crippen molar-refractivity contribution in [1.82, 2.24) is 4.72 Å². The lowest BCUT2D eigenvalue weighted by molar-refractivity contribution is -0.115. The van der Waals surface area contributed by atoms with Crippen LogP contribution in [0.4, 0.5) is 0 Å². The minimum atomic E-state index is -0.0995. The summed E-state index contributed by atoms with van der Waals surface area (Å²) >= 11 is 1.28. The maximum absolute atomic E-state index is 10.5. The van der Waals surface area contributed by atoms with E-state index in [1.165, 1.54) is 11.9 Å². The van der Waals surface area contributed by atoms with Gasteiger partial charge in [0.2, 0.25) is 0 Å². The van der Waals surface area contributed by atoms with E-state index in [0.29, 0.717) is 5.57 Å². The van der Waals surface area contributed by atoms with Gasteiger partial charge in [-0.1, -0.05) is 18.5 Å². The molecule has 3 heteroatoms. The predicted molar refractivity (Wildman–Crippen MR) is 36.5 cm³/mol. The molecule has 0 unspecified atom stereocenters. The summed E-state index contributed by atoms with van der Waals surface area (Å²) in [5.41, 5.74) is 0.541. The van der Waals surface area contributed by atoms with E-state index in [-0.39, 0.29) is 5.91 Å². The van der Waals surface area contributed by atoms with Crippen LogP contribution >= 0.6 is 11.9 Å². The van der Waals surface area contributed by atoms with E-state index in [1.54, 1.807) is 13.2 Å². The van der Waals surface area contributed by atoms with E-state index in [0.717, 1.165) is 0 Å². The number of amides is 1. The average Bonchev–Trinajstić information content (AvgIpc) is 1.67. The summed E-state index contributed by atoms with van der Waals surface area (Å²) in [5, 5.41) is 0. The number of carbonyl (C=O) groups excluding carboxylic acids is 1. The molecule has 0 atom stereocenters. The lowest BCUT2D eigenvalue weighted by Crippen LogP contribution is -2.14. The zero-order valence-electron chi connectivity index (χ0n) is 5.02. The highest BCUT2D eigenvalue weighted by Gasteiger charge is 1.95. The van der Waals surface area contributed by atoms with Gasteiger partial charge in [-0.3, -0.25) is 9.52 Å². The monoisotopic (exact) mass is 131 g/mol. The molecule has 1 amide bonds. The van der Waals surface area contributed by atoms with Crippen LogP contribution in [0.3, 0.4) is 0 Å². The SMILES string of the molecule is C=C(C)C(=O)NSC. The molecule has 0 aliphatic rings. The summed E-state index contributed by atoms with van der Waals surface area (Å²) in [4.78, 5) is 10.5. The summed E-state index contributed by atoms with van der Waals surface area (Å²) in [6.45, 7) is 5.12. The van der Waals surface area contributed by atoms with Crippen molar-refractivity contribution >= 4 is 17.9 Å². The van der Waals surface area contributed by atoms with E-state index < -0.39 is 0 Å². The van der Waals surface area contributed by atoms with Crippen molar-refractivity contribution in [2.75, 3.05) is 6.26 Å². The van der Waals surface area contributed by atoms with Crippen LogP contribution in [0.15, 0.2) is 12.2 Å². The minimum absolute atomic E-state index is 0.0995. The number of rotatable bonds is 2. The molecule has 1 N–H and O–H groups in total. The fourth-order valence-corrected chi connectivity index (χ4v) is 0.539. The molecule has 0 radical (unpaired) electrons. The Morgan fingerprint density at radius 3 is 2.38 bits per heavy atom. The Labute approximate surface area is 53.5 Å². The fraction of sp³-hybridized carbons (Fsp3) is 0.400. The van der Waals surface area contributed by atoms with Crippen LogP contribution in [0, 0.1) is 0 Å². The first kappa shape index (κ1) is 7.56. The van der Waals surface area contributed by atoms with Crippen molar-refractivity contribution in [2.24, 2.45) is 0 Å². The standard InChI is InChI=1S/C5H9NOS/c1-4(2)5(7)6-8-3/h1H2,2-3H3,(H,6,7). The summed E-state index contributed by atoms with van der Waals surface area (Å²) in [6, 6.07) is 0. The Balaban J connectivity index is 3.49. The molecule has 0 aliphatic carbocycles. The third-order valence-electron chi connectivity index (χ3n) is 0.582. The first-order valence-electron chi connectivity index (χ1n) is 2.17. The van der Waals surface area contributed by atoms with Crippen LogP contribution in [0.2, 0.25) is 0 Å². The van der Waals surface area contributed by atoms with Crippen LogP contribution in [0.25, 0.3) is 0 Å². The third kappa shape index (κ3) is 2.69. The molecular formula is C5H9NOS. The Hall–Kier alpha value is -0.440. The van der Waals surface area contributed by atoms with Crippen molar-refractivity contribution in [1.29, 1.82) is 0 Å². The maximum Gasteiger partial charge on any atom is 0.256 e. The van der Waals surface area contributed by atoms with Gasteiger partial charge < -0.3 is 0 Å². The molecule has 0 aliphatic heterocycles. The first-order valence-corrected chi connectivity index (χ1v) is 3.39. The fourth-order valence-electron chi connectivity index (χ4n) is 0.180. The van der Waals surface area contributed by atoms with E-state index in [9.17, 15) is 4.79 Å². The molecule has 0 saturated heterocycles. The van der Waals surface area contributed by atoms with E-state index >= 15 is 0 Å². The molecule has 0 aromatic carbocycles. The molecule has 0 bridgehead atoms. The lowest BCUT2D eigenvalue weighted by atomic mass is 10.3. The smallest absolute Gasteiger partial charge is 0.256 e. The van der Waals surface area contributed by atoms with Gasteiger partial charge in [-0.05, 0) is 6.92 Å². The highest BCUT2D eigenvalue weighted by Crippen LogP contribution is 1.89. The topological polar surface area (TPSA) is 29.1 Å². The van der Waals surface area contributed by atoms with Crippen molar-refractivity contribution in [2.45, 2.75) is 6.92 Å². The summed E-state index contributed by atoms with van der Waals surface area (Å²) in [6.07, 6.45) is 1.79. The Morgan fingerprint density at radius 2 is 2.25 bits per heavy atom. The van der Waals surface area contributed by atoms with E-state index in [1.807, 2.05) is 0 Å². The zero-order chi connectivity index (χ0) is 6.57. The van der Waals surface area contributed by atoms with Crippen LogP contribution < -0.4 is 4.72 Å². The summed E-state index contributed by atoms with van der Waals surface area (Å²) < 4.78 is 2.52. The quantitative estimate of drug-likeness (QED) is 0.446. The molecule has 0 heterocycles. The Bertz CT molecular complexity index is 111. The highest BCUT2D eigenvalue weighted by atomic mass is 32.2. The third-order valence-corrected chi connectivity index (χ3v) is 0.972. The molecule has 0 spiro atoms. The second-order valence-electron chi connectivity index (χ2n) is 1.42. The minimum Gasteiger partial charge on any atom is -0.297 e. The van der Waals surface area contributed by atoms with Crippen LogP contribution in [0.1, 0.15) is 6.92 Å². The van der Waals surface area contributed by atoms with Gasteiger partial charge in [0.15, 0.2) is 0 Å². The zero-order valence-corrected chi connectivity index (χ0v) is 5.84. The Kier molecular flexibility index (Phi) is 3.35. The molecule has 0 rings (SSSR count). The summed E-state index contributed by atoms with van der Waals surface area (Å²) in [5.74, 6) is -0.0995. The van der Waals surface area contributed by atoms with Crippen molar-refractivity contribution in [3.63, 3.8) is 0 Å². The number of nitrogens with one attached hydrogen (secondary N) is 1. The van der Waals surface area contributed by atoms with Gasteiger partial charge in [-0.15, -0.1) is 0 Å². The highest BCUT2D eigenvalue weighted by molar-refractivity contribution is 7.97.